The van der Waals surface area contributed by atoms with E-state index < -0.39 is 15.9 Å². The predicted molar refractivity (Wildman–Crippen MR) is 240 cm³/mol. The number of anilines is 2. The molecule has 2 aliphatic rings. The Balaban J connectivity index is 0.973. The molecular formula is C48H56N4O5S2. The smallest absolute Gasteiger partial charge is 0.264 e. The zero-order valence-corrected chi connectivity index (χ0v) is 36.0. The number of carbonyl (C=O) groups excluding carboxylic acids is 1. The molecule has 0 bridgehead atoms. The molecule has 0 spiro atoms. The minimum atomic E-state index is -4.11. The van der Waals surface area contributed by atoms with Gasteiger partial charge in [0.05, 0.1) is 30.3 Å². The molecule has 2 fully saturated rings. The second kappa shape index (κ2) is 19.2. The highest BCUT2D eigenvalue weighted by atomic mass is 32.2. The number of piperidine rings is 1. The van der Waals surface area contributed by atoms with Crippen LogP contribution >= 0.6 is 11.8 Å². The maximum Gasteiger partial charge on any atom is 0.264 e. The molecule has 0 atom stereocenters. The minimum absolute atomic E-state index is 0.0392. The van der Waals surface area contributed by atoms with Gasteiger partial charge in [0, 0.05) is 72.3 Å². The fourth-order valence-corrected chi connectivity index (χ4v) is 9.88. The number of sulfonamides is 1. The number of carbonyl (C=O) groups is 1. The zero-order chi connectivity index (χ0) is 41.3. The van der Waals surface area contributed by atoms with Gasteiger partial charge in [-0.3, -0.25) is 9.69 Å². The monoisotopic (exact) mass is 832 g/mol. The van der Waals surface area contributed by atoms with Crippen LogP contribution in [0.4, 0.5) is 11.4 Å². The molecule has 2 saturated heterocycles. The van der Waals surface area contributed by atoms with Gasteiger partial charge in [-0.05, 0) is 110 Å². The van der Waals surface area contributed by atoms with Gasteiger partial charge in [-0.15, -0.1) is 11.8 Å². The van der Waals surface area contributed by atoms with Gasteiger partial charge in [-0.1, -0.05) is 72.8 Å². The fourth-order valence-electron chi connectivity index (χ4n) is 7.87. The maximum atomic E-state index is 13.4. The van der Waals surface area contributed by atoms with Gasteiger partial charge < -0.3 is 19.7 Å². The largest absolute Gasteiger partial charge is 0.379 e. The molecule has 0 aromatic heterocycles. The number of thioether (sulfide) groups is 1. The van der Waals surface area contributed by atoms with Crippen molar-refractivity contribution in [2.45, 2.75) is 61.0 Å². The first-order chi connectivity index (χ1) is 28.5. The number of amides is 1. The highest BCUT2D eigenvalue weighted by Gasteiger charge is 2.37. The van der Waals surface area contributed by atoms with E-state index in [1.165, 1.54) is 27.7 Å². The zero-order valence-electron chi connectivity index (χ0n) is 34.4. The molecule has 9 nitrogen and oxygen atoms in total. The Bertz CT molecular complexity index is 2260. The quantitative estimate of drug-likeness (QED) is 0.0947. The van der Waals surface area contributed by atoms with Gasteiger partial charge in [0.2, 0.25) is 0 Å². The molecule has 0 unspecified atom stereocenters. The van der Waals surface area contributed by atoms with Crippen LogP contribution in [0.1, 0.15) is 48.2 Å². The van der Waals surface area contributed by atoms with Crippen molar-refractivity contribution in [1.82, 2.24) is 9.62 Å². The first kappa shape index (κ1) is 42.5. The van der Waals surface area contributed by atoms with E-state index in [-0.39, 0.29) is 21.6 Å². The third-order valence-corrected chi connectivity index (χ3v) is 14.1. The fraction of sp³-hybridized carbons (Fsp3) is 0.354. The summed E-state index contributed by atoms with van der Waals surface area (Å²) >= 11 is 1.76. The molecule has 7 rings (SSSR count). The Kier molecular flexibility index (Phi) is 13.8. The van der Waals surface area contributed by atoms with Crippen LogP contribution in [0, 0.1) is 6.92 Å². The first-order valence-electron chi connectivity index (χ1n) is 20.5. The first-order valence-corrected chi connectivity index (χ1v) is 23.0. The Labute approximate surface area is 354 Å². The molecule has 2 aliphatic heterocycles. The van der Waals surface area contributed by atoms with Gasteiger partial charge in [-0.2, -0.15) is 0 Å². The van der Waals surface area contributed by atoms with Gasteiger partial charge in [0.25, 0.3) is 15.9 Å². The number of aryl methyl sites for hydroxylation is 1. The molecule has 0 aliphatic carbocycles. The number of ether oxygens (including phenoxy) is 2. The van der Waals surface area contributed by atoms with Crippen LogP contribution in [0.3, 0.4) is 0 Å². The van der Waals surface area contributed by atoms with E-state index in [0.29, 0.717) is 6.61 Å². The van der Waals surface area contributed by atoms with Crippen LogP contribution in [0.25, 0.3) is 11.1 Å². The van der Waals surface area contributed by atoms with E-state index in [1.807, 2.05) is 43.3 Å². The van der Waals surface area contributed by atoms with E-state index in [4.69, 9.17) is 9.47 Å². The highest BCUT2D eigenvalue weighted by molar-refractivity contribution is 7.99. The second-order valence-corrected chi connectivity index (χ2v) is 19.0. The maximum absolute atomic E-state index is 13.4. The van der Waals surface area contributed by atoms with Gasteiger partial charge in [0.1, 0.15) is 0 Å². The summed E-state index contributed by atoms with van der Waals surface area (Å²) in [7, 11) is -4.11. The third kappa shape index (κ3) is 11.3. The van der Waals surface area contributed by atoms with Crippen molar-refractivity contribution in [1.29, 1.82) is 0 Å². The summed E-state index contributed by atoms with van der Waals surface area (Å²) in [6.07, 6.45) is 2.50. The normalized spacial score (nSPS) is 16.1. The molecule has 1 amide bonds. The standard InChI is InChI=1S/C48H56N4O5S2/c1-37-34-43(22-23-45(37)49-47(2,3)36-58-42-15-8-5-9-16-42)59(54,55)50-46(53)39-18-20-41(21-19-39)52-26-24-48(25-27-52,57-33-30-51-28-31-56-32-29-51)35-40-14-10-11-17-44(40)38-12-6-4-7-13-38/h4-23,34,49H,24-33,35-36H2,1-3H3,(H,50,53). The average Bonchev–Trinajstić information content (AvgIpc) is 3.25. The molecular weight excluding hydrogens is 777 g/mol. The number of nitrogens with one attached hydrogen (secondary N) is 2. The lowest BCUT2D eigenvalue weighted by molar-refractivity contribution is -0.0732. The van der Waals surface area contributed by atoms with E-state index >= 15 is 0 Å². The number of hydrogen-bond donors (Lipinski definition) is 2. The summed E-state index contributed by atoms with van der Waals surface area (Å²) in [5.74, 6) is 0.150. The van der Waals surface area contributed by atoms with Crippen molar-refractivity contribution >= 4 is 39.1 Å². The summed E-state index contributed by atoms with van der Waals surface area (Å²) in [6.45, 7) is 12.6. The Hall–Kier alpha value is -4.65. The van der Waals surface area contributed by atoms with Crippen LogP contribution in [0.15, 0.2) is 137 Å². The molecule has 59 heavy (non-hydrogen) atoms. The van der Waals surface area contributed by atoms with Crippen molar-refractivity contribution in [3.63, 3.8) is 0 Å². The molecule has 11 heteroatoms. The van der Waals surface area contributed by atoms with Crippen molar-refractivity contribution in [2.75, 3.05) is 68.5 Å². The second-order valence-electron chi connectivity index (χ2n) is 16.2. The SMILES string of the molecule is Cc1cc(S(=O)(=O)NC(=O)c2ccc(N3CCC(Cc4ccccc4-c4ccccc4)(OCCN4CCOCC4)CC3)cc2)ccc1NC(C)(C)CSc1ccccc1. The van der Waals surface area contributed by atoms with Crippen LogP contribution in [0.5, 0.6) is 0 Å². The number of morpholine rings is 1. The Morgan fingerprint density at radius 1 is 0.831 bits per heavy atom. The van der Waals surface area contributed by atoms with Crippen molar-refractivity contribution in [3.05, 3.63) is 144 Å². The molecule has 0 radical (unpaired) electrons. The van der Waals surface area contributed by atoms with Gasteiger partial charge in [0.15, 0.2) is 0 Å². The average molecular weight is 833 g/mol. The van der Waals surface area contributed by atoms with Crippen LogP contribution < -0.4 is 14.9 Å². The topological polar surface area (TPSA) is 100 Å². The van der Waals surface area contributed by atoms with E-state index in [1.54, 1.807) is 36.0 Å². The number of hydrogen-bond acceptors (Lipinski definition) is 9. The van der Waals surface area contributed by atoms with E-state index in [0.717, 1.165) is 87.9 Å². The summed E-state index contributed by atoms with van der Waals surface area (Å²) in [5.41, 5.74) is 6.02. The minimum Gasteiger partial charge on any atom is -0.379 e. The Morgan fingerprint density at radius 3 is 2.19 bits per heavy atom. The van der Waals surface area contributed by atoms with E-state index in [9.17, 15) is 13.2 Å². The molecule has 2 N–H and O–H groups in total. The van der Waals surface area contributed by atoms with Crippen LogP contribution in [0.2, 0.25) is 0 Å². The molecule has 0 saturated carbocycles. The Morgan fingerprint density at radius 2 is 1.49 bits per heavy atom. The van der Waals surface area contributed by atoms with Gasteiger partial charge >= 0.3 is 0 Å². The van der Waals surface area contributed by atoms with Crippen molar-refractivity contribution in [2.24, 2.45) is 0 Å². The van der Waals surface area contributed by atoms with E-state index in [2.05, 4.69) is 94.3 Å². The predicted octanol–water partition coefficient (Wildman–Crippen LogP) is 8.69. The lowest BCUT2D eigenvalue weighted by Gasteiger charge is -2.43. The molecule has 310 valence electrons. The number of nitrogens with zero attached hydrogens (tertiary/aromatic N) is 2. The van der Waals surface area contributed by atoms with Crippen molar-refractivity contribution in [3.8, 4) is 11.1 Å². The molecule has 5 aromatic rings. The number of rotatable bonds is 16. The molecule has 5 aromatic carbocycles. The lowest BCUT2D eigenvalue weighted by atomic mass is 9.82. The van der Waals surface area contributed by atoms with Gasteiger partial charge in [-0.25, -0.2) is 13.1 Å². The lowest BCUT2D eigenvalue weighted by Crippen LogP contribution is -2.49. The van der Waals surface area contributed by atoms with Crippen LogP contribution in [-0.4, -0.2) is 88.7 Å². The third-order valence-electron chi connectivity index (χ3n) is 11.3. The highest BCUT2D eigenvalue weighted by Crippen LogP contribution is 2.36. The summed E-state index contributed by atoms with van der Waals surface area (Å²) in [4.78, 5) is 19.3. The summed E-state index contributed by atoms with van der Waals surface area (Å²) in [6, 6.07) is 41.5. The van der Waals surface area contributed by atoms with Crippen LogP contribution in [-0.2, 0) is 25.9 Å². The van der Waals surface area contributed by atoms with Crippen molar-refractivity contribution < 1.29 is 22.7 Å². The summed E-state index contributed by atoms with van der Waals surface area (Å²) in [5, 5.41) is 3.56. The molecule has 2 heterocycles. The summed E-state index contributed by atoms with van der Waals surface area (Å²) < 4.78 is 41.6. The number of benzene rings is 5.